The highest BCUT2D eigenvalue weighted by molar-refractivity contribution is 5.78. The third kappa shape index (κ3) is 2.92. The third-order valence-electron chi connectivity index (χ3n) is 3.03. The first kappa shape index (κ1) is 12.7. The molecule has 0 amide bonds. The standard InChI is InChI=1S/C13H20N4O/c1-9(2)17(3)7-6-15-13-16-11-8-10(14)4-5-12(11)18-13/h4-5,8-9H,6-7,14H2,1-3H3,(H,15,16). The Morgan fingerprint density at radius 3 is 2.94 bits per heavy atom. The number of nitrogens with one attached hydrogen (secondary N) is 1. The molecule has 0 spiro atoms. The van der Waals surface area contributed by atoms with Gasteiger partial charge in [0.2, 0.25) is 0 Å². The molecular formula is C13H20N4O. The van der Waals surface area contributed by atoms with Crippen LogP contribution < -0.4 is 11.1 Å². The number of benzene rings is 1. The van der Waals surface area contributed by atoms with Gasteiger partial charge in [0.1, 0.15) is 5.52 Å². The van der Waals surface area contributed by atoms with Gasteiger partial charge in [0.15, 0.2) is 5.58 Å². The second-order valence-corrected chi connectivity index (χ2v) is 4.75. The molecule has 1 aromatic carbocycles. The van der Waals surface area contributed by atoms with Crippen LogP contribution in [-0.4, -0.2) is 36.1 Å². The number of hydrogen-bond acceptors (Lipinski definition) is 5. The molecule has 0 saturated heterocycles. The smallest absolute Gasteiger partial charge is 0.295 e. The molecule has 1 heterocycles. The van der Waals surface area contributed by atoms with Gasteiger partial charge >= 0.3 is 0 Å². The number of hydrogen-bond donors (Lipinski definition) is 2. The van der Waals surface area contributed by atoms with Gasteiger partial charge in [-0.25, -0.2) is 0 Å². The Bertz CT molecular complexity index is 521. The Morgan fingerprint density at radius 2 is 2.22 bits per heavy atom. The van der Waals surface area contributed by atoms with Crippen molar-refractivity contribution in [1.29, 1.82) is 0 Å². The highest BCUT2D eigenvalue weighted by Crippen LogP contribution is 2.20. The summed E-state index contributed by atoms with van der Waals surface area (Å²) in [5, 5.41) is 3.18. The molecule has 1 aromatic heterocycles. The van der Waals surface area contributed by atoms with E-state index >= 15 is 0 Å². The van der Waals surface area contributed by atoms with Crippen LogP contribution in [0.3, 0.4) is 0 Å². The van der Waals surface area contributed by atoms with Crippen LogP contribution in [-0.2, 0) is 0 Å². The molecule has 0 bridgehead atoms. The Kier molecular flexibility index (Phi) is 3.72. The molecule has 0 fully saturated rings. The van der Waals surface area contributed by atoms with E-state index in [1.54, 1.807) is 0 Å². The second kappa shape index (κ2) is 5.27. The number of likely N-dealkylation sites (N-methyl/N-ethyl adjacent to an activating group) is 1. The van der Waals surface area contributed by atoms with Crippen LogP contribution in [0.4, 0.5) is 11.7 Å². The lowest BCUT2D eigenvalue weighted by molar-refractivity contribution is 0.284. The first-order valence-corrected chi connectivity index (χ1v) is 6.16. The summed E-state index contributed by atoms with van der Waals surface area (Å²) in [4.78, 5) is 6.60. The predicted octanol–water partition coefficient (Wildman–Crippen LogP) is 2.16. The maximum absolute atomic E-state index is 5.70. The molecule has 2 aromatic rings. The van der Waals surface area contributed by atoms with Crippen molar-refractivity contribution in [3.63, 3.8) is 0 Å². The van der Waals surface area contributed by atoms with Crippen LogP contribution in [0.15, 0.2) is 22.6 Å². The fourth-order valence-electron chi connectivity index (χ4n) is 1.62. The Labute approximate surface area is 107 Å². The molecule has 98 valence electrons. The van der Waals surface area contributed by atoms with Crippen LogP contribution in [0.5, 0.6) is 0 Å². The molecule has 0 unspecified atom stereocenters. The van der Waals surface area contributed by atoms with Gasteiger partial charge in [-0.2, -0.15) is 4.98 Å². The number of aromatic nitrogens is 1. The van der Waals surface area contributed by atoms with E-state index in [-0.39, 0.29) is 0 Å². The van der Waals surface area contributed by atoms with Crippen molar-refractivity contribution in [2.45, 2.75) is 19.9 Å². The summed E-state index contributed by atoms with van der Waals surface area (Å²) in [6, 6.07) is 6.54. The Hall–Kier alpha value is -1.75. The van der Waals surface area contributed by atoms with Gasteiger partial charge in [-0.3, -0.25) is 0 Å². The summed E-state index contributed by atoms with van der Waals surface area (Å²) >= 11 is 0. The number of oxazole rings is 1. The third-order valence-corrected chi connectivity index (χ3v) is 3.03. The minimum atomic E-state index is 0.537. The molecule has 2 rings (SSSR count). The number of nitrogens with two attached hydrogens (primary N) is 1. The largest absolute Gasteiger partial charge is 0.424 e. The monoisotopic (exact) mass is 248 g/mol. The zero-order valence-electron chi connectivity index (χ0n) is 11.1. The number of nitrogens with zero attached hydrogens (tertiary/aromatic N) is 2. The summed E-state index contributed by atoms with van der Waals surface area (Å²) in [5.41, 5.74) is 7.93. The lowest BCUT2D eigenvalue weighted by Crippen LogP contribution is -2.31. The zero-order chi connectivity index (χ0) is 13.1. The van der Waals surface area contributed by atoms with Gasteiger partial charge in [0, 0.05) is 24.8 Å². The molecule has 0 atom stereocenters. The van der Waals surface area contributed by atoms with Crippen molar-refractivity contribution in [2.24, 2.45) is 0 Å². The predicted molar refractivity (Wildman–Crippen MR) is 74.7 cm³/mol. The maximum atomic E-state index is 5.70. The van der Waals surface area contributed by atoms with E-state index < -0.39 is 0 Å². The number of fused-ring (bicyclic) bond motifs is 1. The van der Waals surface area contributed by atoms with E-state index in [4.69, 9.17) is 10.2 Å². The number of anilines is 2. The fourth-order valence-corrected chi connectivity index (χ4v) is 1.62. The lowest BCUT2D eigenvalue weighted by atomic mass is 10.3. The van der Waals surface area contributed by atoms with Crippen LogP contribution >= 0.6 is 0 Å². The average molecular weight is 248 g/mol. The van der Waals surface area contributed by atoms with Gasteiger partial charge in [-0.05, 0) is 39.1 Å². The van der Waals surface area contributed by atoms with Crippen molar-refractivity contribution < 1.29 is 4.42 Å². The van der Waals surface area contributed by atoms with Gasteiger partial charge in [-0.1, -0.05) is 0 Å². The van der Waals surface area contributed by atoms with Gasteiger partial charge < -0.3 is 20.4 Å². The Balaban J connectivity index is 1.96. The summed E-state index contributed by atoms with van der Waals surface area (Å²) in [6.45, 7) is 6.08. The summed E-state index contributed by atoms with van der Waals surface area (Å²) in [7, 11) is 2.10. The second-order valence-electron chi connectivity index (χ2n) is 4.75. The van der Waals surface area contributed by atoms with Crippen LogP contribution in [0.1, 0.15) is 13.8 Å². The number of nitrogen functional groups attached to an aromatic ring is 1. The van der Waals surface area contributed by atoms with E-state index in [0.717, 1.165) is 24.2 Å². The van der Waals surface area contributed by atoms with Crippen LogP contribution in [0.25, 0.3) is 11.1 Å². The molecule has 5 nitrogen and oxygen atoms in total. The van der Waals surface area contributed by atoms with Gasteiger partial charge in [0.05, 0.1) is 0 Å². The molecule has 0 radical (unpaired) electrons. The molecule has 18 heavy (non-hydrogen) atoms. The minimum absolute atomic E-state index is 0.537. The summed E-state index contributed by atoms with van der Waals surface area (Å²) < 4.78 is 5.57. The Morgan fingerprint density at radius 1 is 1.44 bits per heavy atom. The van der Waals surface area contributed by atoms with E-state index in [2.05, 4.69) is 36.1 Å². The van der Waals surface area contributed by atoms with Crippen molar-refractivity contribution in [1.82, 2.24) is 9.88 Å². The van der Waals surface area contributed by atoms with Gasteiger partial charge in [0.25, 0.3) is 6.01 Å². The first-order valence-electron chi connectivity index (χ1n) is 6.16. The maximum Gasteiger partial charge on any atom is 0.295 e. The van der Waals surface area contributed by atoms with Gasteiger partial charge in [-0.15, -0.1) is 0 Å². The minimum Gasteiger partial charge on any atom is -0.424 e. The number of rotatable bonds is 5. The zero-order valence-corrected chi connectivity index (χ0v) is 11.1. The molecular weight excluding hydrogens is 228 g/mol. The molecule has 0 aliphatic heterocycles. The van der Waals surface area contributed by atoms with Crippen molar-refractivity contribution in [3.8, 4) is 0 Å². The van der Waals surface area contributed by atoms with Crippen LogP contribution in [0.2, 0.25) is 0 Å². The van der Waals surface area contributed by atoms with Crippen molar-refractivity contribution in [3.05, 3.63) is 18.2 Å². The van der Waals surface area contributed by atoms with Crippen LogP contribution in [0, 0.1) is 0 Å². The summed E-state index contributed by atoms with van der Waals surface area (Å²) in [6.07, 6.45) is 0. The summed E-state index contributed by atoms with van der Waals surface area (Å²) in [5.74, 6) is 0. The molecule has 5 heteroatoms. The molecule has 3 N–H and O–H groups in total. The molecule has 0 aliphatic rings. The van der Waals surface area contributed by atoms with E-state index in [0.29, 0.717) is 17.7 Å². The molecule has 0 saturated carbocycles. The highest BCUT2D eigenvalue weighted by atomic mass is 16.4. The lowest BCUT2D eigenvalue weighted by Gasteiger charge is -2.20. The normalized spacial score (nSPS) is 11.6. The topological polar surface area (TPSA) is 67.3 Å². The highest BCUT2D eigenvalue weighted by Gasteiger charge is 2.06. The fraction of sp³-hybridized carbons (Fsp3) is 0.462. The quantitative estimate of drug-likeness (QED) is 0.794. The van der Waals surface area contributed by atoms with Crippen molar-refractivity contribution in [2.75, 3.05) is 31.2 Å². The van der Waals surface area contributed by atoms with E-state index in [1.165, 1.54) is 0 Å². The average Bonchev–Trinajstić information content (AvgIpc) is 2.70. The SMILES string of the molecule is CC(C)N(C)CCNc1nc2cc(N)ccc2o1. The first-order chi connectivity index (χ1) is 8.56. The van der Waals surface area contributed by atoms with E-state index in [9.17, 15) is 0 Å². The van der Waals surface area contributed by atoms with Crippen molar-refractivity contribution >= 4 is 22.8 Å². The molecule has 0 aliphatic carbocycles. The van der Waals surface area contributed by atoms with E-state index in [1.807, 2.05) is 18.2 Å².